The molecule has 0 radical (unpaired) electrons. The molecule has 1 aliphatic heterocycles. The Morgan fingerprint density at radius 3 is 2.59 bits per heavy atom. The van der Waals surface area contributed by atoms with Crippen molar-refractivity contribution in [2.75, 3.05) is 36.9 Å². The average Bonchev–Trinajstić information content (AvgIpc) is 3.27. The van der Waals surface area contributed by atoms with Crippen LogP contribution in [0, 0.1) is 16.6 Å². The molecular weight excluding hydrogens is 581 g/mol. The molecule has 2 N–H and O–H groups in total. The predicted octanol–water partition coefficient (Wildman–Crippen LogP) is 6.12. The van der Waals surface area contributed by atoms with Gasteiger partial charge in [0.1, 0.15) is 11.6 Å². The molecule has 0 spiro atoms. The maximum Gasteiger partial charge on any atom is 0.309 e. The lowest BCUT2D eigenvalue weighted by Crippen LogP contribution is -2.72. The molecule has 3 atom stereocenters. The van der Waals surface area contributed by atoms with E-state index in [2.05, 4.69) is 40.4 Å². The molecule has 2 aromatic heterocycles. The van der Waals surface area contributed by atoms with Crippen molar-refractivity contribution in [1.82, 2.24) is 24.6 Å². The second-order valence-electron chi connectivity index (χ2n) is 14.7. The number of carboxylic acid groups (broad SMARTS) is 1. The molecular formula is C36H48FN7O2. The summed E-state index contributed by atoms with van der Waals surface area (Å²) in [4.78, 5) is 27.2. The van der Waals surface area contributed by atoms with E-state index >= 15 is 0 Å². The number of halogens is 1. The van der Waals surface area contributed by atoms with E-state index in [1.54, 1.807) is 12.1 Å². The highest BCUT2D eigenvalue weighted by Gasteiger charge is 2.74. The summed E-state index contributed by atoms with van der Waals surface area (Å²) in [5.74, 6) is 0.891. The number of nitrogens with one attached hydrogen (secondary N) is 1. The van der Waals surface area contributed by atoms with Crippen LogP contribution in [-0.2, 0) is 24.7 Å². The lowest BCUT2D eigenvalue weighted by molar-refractivity contribution is -0.230. The van der Waals surface area contributed by atoms with E-state index in [0.29, 0.717) is 5.95 Å². The summed E-state index contributed by atoms with van der Waals surface area (Å²) in [6.45, 7) is 5.23. The monoisotopic (exact) mass is 629 g/mol. The van der Waals surface area contributed by atoms with Gasteiger partial charge in [-0.3, -0.25) is 9.48 Å². The second-order valence-corrected chi connectivity index (χ2v) is 14.7. The summed E-state index contributed by atoms with van der Waals surface area (Å²) in [6.07, 6.45) is 14.6. The molecule has 5 aliphatic rings. The third kappa shape index (κ3) is 5.67. The van der Waals surface area contributed by atoms with Crippen molar-refractivity contribution < 1.29 is 14.3 Å². The van der Waals surface area contributed by atoms with Crippen LogP contribution in [0.3, 0.4) is 0 Å². The smallest absolute Gasteiger partial charge is 0.309 e. The van der Waals surface area contributed by atoms with Gasteiger partial charge in [0.15, 0.2) is 0 Å². The van der Waals surface area contributed by atoms with Crippen molar-refractivity contribution in [2.24, 2.45) is 17.9 Å². The molecule has 4 aliphatic carbocycles. The number of rotatable bonds is 11. The zero-order valence-electron chi connectivity index (χ0n) is 27.5. The van der Waals surface area contributed by atoms with Crippen LogP contribution in [0.15, 0.2) is 36.7 Å². The van der Waals surface area contributed by atoms with Gasteiger partial charge in [-0.15, -0.1) is 0 Å². The van der Waals surface area contributed by atoms with E-state index in [4.69, 9.17) is 9.97 Å². The Balaban J connectivity index is 1.23. The third-order valence-corrected chi connectivity index (χ3v) is 11.6. The van der Waals surface area contributed by atoms with E-state index in [-0.39, 0.29) is 29.2 Å². The van der Waals surface area contributed by atoms with Gasteiger partial charge in [-0.1, -0.05) is 31.9 Å². The maximum atomic E-state index is 14.3. The molecule has 9 nitrogen and oxygen atoms in total. The number of hydrogen-bond donors (Lipinski definition) is 2. The molecule has 3 saturated carbocycles. The number of aliphatic carboxylic acids is 1. The van der Waals surface area contributed by atoms with Gasteiger partial charge in [-0.2, -0.15) is 10.1 Å². The zero-order chi connectivity index (χ0) is 32.1. The molecule has 0 amide bonds. The minimum absolute atomic E-state index is 0.00600. The lowest BCUT2D eigenvalue weighted by Gasteiger charge is -2.71. The number of carboxylic acids is 1. The van der Waals surface area contributed by atoms with E-state index < -0.39 is 11.4 Å². The van der Waals surface area contributed by atoms with Crippen molar-refractivity contribution in [3.05, 3.63) is 64.9 Å². The maximum absolute atomic E-state index is 14.3. The number of aryl methyl sites for hydroxylation is 2. The first kappa shape index (κ1) is 31.1. The highest BCUT2D eigenvalue weighted by atomic mass is 19.1. The van der Waals surface area contributed by atoms with E-state index in [0.717, 1.165) is 92.8 Å². The van der Waals surface area contributed by atoms with Crippen molar-refractivity contribution in [2.45, 2.75) is 95.6 Å². The summed E-state index contributed by atoms with van der Waals surface area (Å²) < 4.78 is 16.1. The topological polar surface area (TPSA) is 99.4 Å². The number of likely N-dealkylation sites (tertiary alicyclic amines) is 1. The van der Waals surface area contributed by atoms with Gasteiger partial charge in [0.05, 0.1) is 23.3 Å². The summed E-state index contributed by atoms with van der Waals surface area (Å²) >= 11 is 0. The normalized spacial score (nSPS) is 27.0. The third-order valence-electron chi connectivity index (χ3n) is 11.6. The van der Waals surface area contributed by atoms with Crippen LogP contribution in [0.25, 0.3) is 0 Å². The number of nitrogens with zero attached hydrogens (tertiary/aromatic N) is 6. The first-order valence-corrected chi connectivity index (χ1v) is 17.3. The Labute approximate surface area is 271 Å². The molecule has 2 bridgehead atoms. The summed E-state index contributed by atoms with van der Waals surface area (Å²) in [5, 5.41) is 18.2. The highest BCUT2D eigenvalue weighted by Crippen LogP contribution is 2.75. The molecule has 10 heteroatoms. The molecule has 3 aromatic rings. The Morgan fingerprint density at radius 1 is 1.17 bits per heavy atom. The Hall–Kier alpha value is -3.53. The fourth-order valence-electron chi connectivity index (χ4n) is 9.22. The fraction of sp³-hybridized carbons (Fsp3) is 0.611. The van der Waals surface area contributed by atoms with Gasteiger partial charge in [-0.05, 0) is 99.9 Å². The molecule has 46 heavy (non-hydrogen) atoms. The Morgan fingerprint density at radius 2 is 1.93 bits per heavy atom. The summed E-state index contributed by atoms with van der Waals surface area (Å²) in [6, 6.07) is 7.18. The van der Waals surface area contributed by atoms with Crippen LogP contribution in [0.5, 0.6) is 0 Å². The van der Waals surface area contributed by atoms with E-state index in [1.807, 2.05) is 24.0 Å². The van der Waals surface area contributed by atoms with Crippen LogP contribution in [0.4, 0.5) is 16.2 Å². The van der Waals surface area contributed by atoms with Gasteiger partial charge in [0.25, 0.3) is 0 Å². The second kappa shape index (κ2) is 12.2. The first-order valence-electron chi connectivity index (χ1n) is 17.3. The van der Waals surface area contributed by atoms with Crippen molar-refractivity contribution in [1.29, 1.82) is 0 Å². The SMILES string of the molecule is CC[C@@H](N(C)c1nc2c(c(N[C@H](CN3CCCCCC3)c3cnn(C)c3)n1)C[C@H](c1cccc(F)c1)CC2)C12CC(C(=O)O)(C1)C2. The molecule has 8 rings (SSSR count). The van der Waals surface area contributed by atoms with E-state index in [1.165, 1.54) is 31.7 Å². The molecule has 1 saturated heterocycles. The minimum atomic E-state index is -0.651. The standard InChI is InChI=1S/C36H48FN7O2/c1-4-31(35-21-36(22-35,23-35)33(45)46)43(3)34-40-29-13-12-25(24-10-9-11-27(37)16-24)17-28(29)32(41-34)39-30(26-18-38-42(2)19-26)20-44-14-7-5-6-8-15-44/h9-11,16,18-19,25,30-31H,4-8,12-15,17,20-23H2,1-3H3,(H,45,46)(H,39,40,41)/t25-,30-,31-,35?,36?/m1/s1. The van der Waals surface area contributed by atoms with Crippen molar-refractivity contribution in [3.8, 4) is 0 Å². The average molecular weight is 630 g/mol. The molecule has 4 fully saturated rings. The zero-order valence-corrected chi connectivity index (χ0v) is 27.5. The number of anilines is 2. The predicted molar refractivity (Wildman–Crippen MR) is 177 cm³/mol. The number of hydrogen-bond acceptors (Lipinski definition) is 7. The van der Waals surface area contributed by atoms with Crippen LogP contribution >= 0.6 is 0 Å². The molecule has 0 unspecified atom stereocenters. The molecule has 246 valence electrons. The number of aromatic nitrogens is 4. The van der Waals surface area contributed by atoms with Crippen LogP contribution in [-0.4, -0.2) is 68.4 Å². The van der Waals surface area contributed by atoms with Crippen molar-refractivity contribution >= 4 is 17.7 Å². The van der Waals surface area contributed by atoms with Gasteiger partial charge in [-0.25, -0.2) is 9.37 Å². The molecule has 1 aromatic carbocycles. The number of fused-ring (bicyclic) bond motifs is 1. The van der Waals surface area contributed by atoms with Gasteiger partial charge in [0.2, 0.25) is 5.95 Å². The number of carbonyl (C=O) groups is 1. The Kier molecular flexibility index (Phi) is 8.28. The summed E-state index contributed by atoms with van der Waals surface area (Å²) in [7, 11) is 4.04. The van der Waals surface area contributed by atoms with Crippen molar-refractivity contribution in [3.63, 3.8) is 0 Å². The summed E-state index contributed by atoms with van der Waals surface area (Å²) in [5.41, 5.74) is 3.82. The largest absolute Gasteiger partial charge is 0.481 e. The Bertz CT molecular complexity index is 1560. The van der Waals surface area contributed by atoms with Crippen LogP contribution in [0.2, 0.25) is 0 Å². The van der Waals surface area contributed by atoms with E-state index in [9.17, 15) is 14.3 Å². The first-order chi connectivity index (χ1) is 22.2. The van der Waals surface area contributed by atoms with Gasteiger partial charge in [0, 0.05) is 44.0 Å². The van der Waals surface area contributed by atoms with Crippen LogP contribution < -0.4 is 10.2 Å². The van der Waals surface area contributed by atoms with Crippen LogP contribution in [0.1, 0.15) is 99.1 Å². The lowest BCUT2D eigenvalue weighted by atomic mass is 9.33. The highest BCUT2D eigenvalue weighted by molar-refractivity contribution is 5.79. The van der Waals surface area contributed by atoms with Gasteiger partial charge >= 0.3 is 5.97 Å². The molecule has 3 heterocycles. The minimum Gasteiger partial charge on any atom is -0.481 e. The number of benzene rings is 1. The quantitative estimate of drug-likeness (QED) is 0.262. The fourth-order valence-corrected chi connectivity index (χ4v) is 9.22. The van der Waals surface area contributed by atoms with Gasteiger partial charge < -0.3 is 20.2 Å².